The van der Waals surface area contributed by atoms with Gasteiger partial charge in [-0.1, -0.05) is 42.1 Å². The van der Waals surface area contributed by atoms with Gasteiger partial charge in [0, 0.05) is 17.3 Å². The summed E-state index contributed by atoms with van der Waals surface area (Å²) in [5.41, 5.74) is 1.35. The Morgan fingerprint density at radius 3 is 2.81 bits per heavy atom. The van der Waals surface area contributed by atoms with E-state index in [1.165, 1.54) is 23.1 Å². The second-order valence-electron chi connectivity index (χ2n) is 5.17. The Morgan fingerprint density at radius 1 is 1.31 bits per heavy atom. The average molecular weight is 387 g/mol. The van der Waals surface area contributed by atoms with Gasteiger partial charge in [-0.25, -0.2) is 9.78 Å². The molecule has 0 saturated heterocycles. The van der Waals surface area contributed by atoms with Crippen molar-refractivity contribution in [3.63, 3.8) is 0 Å². The van der Waals surface area contributed by atoms with Crippen LogP contribution in [0.1, 0.15) is 17.3 Å². The lowest BCUT2D eigenvalue weighted by Gasteiger charge is -2.05. The number of amides is 1. The highest BCUT2D eigenvalue weighted by Gasteiger charge is 2.20. The van der Waals surface area contributed by atoms with Crippen molar-refractivity contribution in [1.82, 2.24) is 9.97 Å². The number of nitrogens with one attached hydrogen (secondary N) is 2. The molecule has 3 aromatic rings. The van der Waals surface area contributed by atoms with Crippen LogP contribution >= 0.6 is 23.1 Å². The van der Waals surface area contributed by atoms with E-state index in [1.807, 2.05) is 30.3 Å². The quantitative estimate of drug-likeness (QED) is 0.472. The number of aromatic nitrogens is 2. The van der Waals surface area contributed by atoms with Crippen molar-refractivity contribution in [3.8, 4) is 10.4 Å². The molecule has 0 aliphatic rings. The molecule has 3 rings (SSSR count). The lowest BCUT2D eigenvalue weighted by Crippen LogP contribution is -2.16. The smallest absolute Gasteiger partial charge is 0.341 e. The molecule has 0 saturated carbocycles. The largest absolute Gasteiger partial charge is 0.462 e. The van der Waals surface area contributed by atoms with Gasteiger partial charge in [-0.05, 0) is 18.6 Å². The zero-order valence-electron chi connectivity index (χ0n) is 14.0. The maximum absolute atomic E-state index is 12.3. The highest BCUT2D eigenvalue weighted by atomic mass is 32.2. The molecule has 2 N–H and O–H groups in total. The van der Waals surface area contributed by atoms with Crippen molar-refractivity contribution >= 4 is 40.0 Å². The van der Waals surface area contributed by atoms with Gasteiger partial charge in [0.25, 0.3) is 0 Å². The van der Waals surface area contributed by atoms with Crippen molar-refractivity contribution in [1.29, 1.82) is 0 Å². The molecular weight excluding hydrogens is 370 g/mol. The summed E-state index contributed by atoms with van der Waals surface area (Å²) in [6.07, 6.45) is 3.33. The molecule has 8 heteroatoms. The van der Waals surface area contributed by atoms with E-state index < -0.39 is 5.97 Å². The number of carbonyl (C=O) groups is 2. The number of hydrogen-bond donors (Lipinski definition) is 2. The maximum Gasteiger partial charge on any atom is 0.341 e. The highest BCUT2D eigenvalue weighted by Crippen LogP contribution is 2.36. The molecule has 0 atom stereocenters. The second kappa shape index (κ2) is 8.68. The molecule has 0 unspecified atom stereocenters. The molecule has 6 nitrogen and oxygen atoms in total. The van der Waals surface area contributed by atoms with Crippen molar-refractivity contribution in [3.05, 3.63) is 54.4 Å². The molecule has 0 fully saturated rings. The molecule has 134 valence electrons. The molecule has 0 aliphatic heterocycles. The van der Waals surface area contributed by atoms with E-state index in [1.54, 1.807) is 25.4 Å². The molecule has 0 bridgehead atoms. The fourth-order valence-electron chi connectivity index (χ4n) is 2.22. The monoisotopic (exact) mass is 387 g/mol. The summed E-state index contributed by atoms with van der Waals surface area (Å²) in [7, 11) is 0. The van der Waals surface area contributed by atoms with Crippen LogP contribution in [0, 0.1) is 0 Å². The zero-order chi connectivity index (χ0) is 18.4. The first-order chi connectivity index (χ1) is 12.7. The van der Waals surface area contributed by atoms with Crippen LogP contribution in [-0.2, 0) is 9.53 Å². The number of carbonyl (C=O) groups excluding carboxylic acids is 2. The maximum atomic E-state index is 12.3. The zero-order valence-corrected chi connectivity index (χ0v) is 15.7. The number of thiophene rings is 1. The Kier molecular flexibility index (Phi) is 6.08. The number of anilines is 1. The molecule has 0 radical (unpaired) electrons. The first-order valence-corrected chi connectivity index (χ1v) is 9.76. The number of thioether (sulfide) groups is 1. The average Bonchev–Trinajstić information content (AvgIpc) is 3.31. The molecule has 1 amide bonds. The van der Waals surface area contributed by atoms with Crippen LogP contribution in [-0.4, -0.2) is 34.2 Å². The van der Waals surface area contributed by atoms with Crippen LogP contribution in [0.2, 0.25) is 0 Å². The summed E-state index contributed by atoms with van der Waals surface area (Å²) in [4.78, 5) is 32.4. The van der Waals surface area contributed by atoms with Crippen LogP contribution in [0.4, 0.5) is 5.00 Å². The third-order valence-corrected chi connectivity index (χ3v) is 5.35. The van der Waals surface area contributed by atoms with Gasteiger partial charge in [-0.2, -0.15) is 0 Å². The summed E-state index contributed by atoms with van der Waals surface area (Å²) in [6, 6.07) is 11.5. The lowest BCUT2D eigenvalue weighted by atomic mass is 10.1. The van der Waals surface area contributed by atoms with Crippen LogP contribution in [0.5, 0.6) is 0 Å². The van der Waals surface area contributed by atoms with Gasteiger partial charge in [0.15, 0.2) is 5.16 Å². The van der Waals surface area contributed by atoms with E-state index in [4.69, 9.17) is 4.74 Å². The second-order valence-corrected chi connectivity index (χ2v) is 7.19. The third kappa shape index (κ3) is 4.53. The van der Waals surface area contributed by atoms with Gasteiger partial charge >= 0.3 is 5.97 Å². The minimum atomic E-state index is -0.445. The van der Waals surface area contributed by atoms with Gasteiger partial charge in [-0.15, -0.1) is 11.3 Å². The van der Waals surface area contributed by atoms with Crippen LogP contribution in [0.25, 0.3) is 10.4 Å². The number of benzene rings is 1. The Morgan fingerprint density at radius 2 is 2.12 bits per heavy atom. The Balaban J connectivity index is 1.78. The lowest BCUT2D eigenvalue weighted by molar-refractivity contribution is -0.113. The van der Waals surface area contributed by atoms with Crippen molar-refractivity contribution in [2.45, 2.75) is 12.1 Å². The van der Waals surface area contributed by atoms with Crippen molar-refractivity contribution in [2.75, 3.05) is 17.7 Å². The number of hydrogen-bond acceptors (Lipinski definition) is 6. The van der Waals surface area contributed by atoms with E-state index in [0.717, 1.165) is 10.4 Å². The Hall–Kier alpha value is -2.58. The molecule has 0 aliphatic carbocycles. The number of esters is 1. The number of aromatic amines is 1. The topological polar surface area (TPSA) is 84.1 Å². The summed E-state index contributed by atoms with van der Waals surface area (Å²) in [5.74, 6) is -0.465. The SMILES string of the molecule is CCOC(=O)c1cc(-c2ccccc2)sc1NC(=O)CSc1ncc[nH]1. The predicted molar refractivity (Wildman–Crippen MR) is 104 cm³/mol. The number of ether oxygens (including phenoxy) is 1. The highest BCUT2D eigenvalue weighted by molar-refractivity contribution is 7.99. The fraction of sp³-hybridized carbons (Fsp3) is 0.167. The summed E-state index contributed by atoms with van der Waals surface area (Å²) in [5, 5.41) is 3.98. The van der Waals surface area contributed by atoms with E-state index in [2.05, 4.69) is 15.3 Å². The van der Waals surface area contributed by atoms with Crippen LogP contribution in [0.15, 0.2) is 53.9 Å². The number of H-pyrrole nitrogens is 1. The molecule has 2 aromatic heterocycles. The van der Waals surface area contributed by atoms with E-state index in [-0.39, 0.29) is 18.3 Å². The fourth-order valence-corrected chi connectivity index (χ4v) is 3.91. The number of nitrogens with zero attached hydrogens (tertiary/aromatic N) is 1. The van der Waals surface area contributed by atoms with E-state index in [9.17, 15) is 9.59 Å². The molecule has 1 aromatic carbocycles. The summed E-state index contributed by atoms with van der Waals surface area (Å²) in [6.45, 7) is 2.03. The van der Waals surface area contributed by atoms with Gasteiger partial charge in [0.05, 0.1) is 17.9 Å². The van der Waals surface area contributed by atoms with E-state index in [0.29, 0.717) is 15.7 Å². The molecular formula is C18H17N3O3S2. The molecule has 0 spiro atoms. The van der Waals surface area contributed by atoms with Gasteiger partial charge in [-0.3, -0.25) is 4.79 Å². The van der Waals surface area contributed by atoms with E-state index >= 15 is 0 Å². The minimum Gasteiger partial charge on any atom is -0.462 e. The number of rotatable bonds is 7. The molecule has 2 heterocycles. The summed E-state index contributed by atoms with van der Waals surface area (Å²) < 4.78 is 5.11. The van der Waals surface area contributed by atoms with Gasteiger partial charge < -0.3 is 15.0 Å². The summed E-state index contributed by atoms with van der Waals surface area (Å²) >= 11 is 2.64. The third-order valence-electron chi connectivity index (χ3n) is 3.35. The van der Waals surface area contributed by atoms with Gasteiger partial charge in [0.2, 0.25) is 5.91 Å². The standard InChI is InChI=1S/C18H17N3O3S2/c1-2-24-17(23)13-10-14(12-6-4-3-5-7-12)26-16(13)21-15(22)11-25-18-19-8-9-20-18/h3-10H,2,11H2,1H3,(H,19,20)(H,21,22). The van der Waals surface area contributed by atoms with Crippen molar-refractivity contribution < 1.29 is 14.3 Å². The normalized spacial score (nSPS) is 10.5. The predicted octanol–water partition coefficient (Wildman–Crippen LogP) is 4.05. The van der Waals surface area contributed by atoms with Crippen molar-refractivity contribution in [2.24, 2.45) is 0 Å². The van der Waals surface area contributed by atoms with Crippen LogP contribution < -0.4 is 5.32 Å². The molecule has 26 heavy (non-hydrogen) atoms. The Bertz CT molecular complexity index is 876. The van der Waals surface area contributed by atoms with Crippen LogP contribution in [0.3, 0.4) is 0 Å². The Labute approximate surface area is 159 Å². The first-order valence-electron chi connectivity index (χ1n) is 7.95. The minimum absolute atomic E-state index is 0.189. The number of imidazole rings is 1. The van der Waals surface area contributed by atoms with Gasteiger partial charge in [0.1, 0.15) is 5.00 Å². The first kappa shape index (κ1) is 18.2.